The molecule has 4 nitrogen and oxygen atoms in total. The van der Waals surface area contributed by atoms with Crippen LogP contribution >= 0.6 is 0 Å². The van der Waals surface area contributed by atoms with Gasteiger partial charge < -0.3 is 15.2 Å². The third-order valence-electron chi connectivity index (χ3n) is 3.94. The van der Waals surface area contributed by atoms with E-state index in [2.05, 4.69) is 23.5 Å². The standard InChI is InChI=1S/C21H21NO3/c1-14(2)25-20-11-10-15-6-3-4-9-18(15)19(20)13-22-17-8-5-7-16(12-17)21(23)24/h3-12,14,22H,13H2,1-2H3,(H,23,24). The van der Waals surface area contributed by atoms with Gasteiger partial charge in [0.2, 0.25) is 0 Å². The number of rotatable bonds is 6. The predicted molar refractivity (Wildman–Crippen MR) is 100 cm³/mol. The zero-order valence-electron chi connectivity index (χ0n) is 14.3. The Morgan fingerprint density at radius 2 is 1.88 bits per heavy atom. The summed E-state index contributed by atoms with van der Waals surface area (Å²) in [6, 6.07) is 19.0. The summed E-state index contributed by atoms with van der Waals surface area (Å²) in [5, 5.41) is 14.7. The summed E-state index contributed by atoms with van der Waals surface area (Å²) in [5.41, 5.74) is 2.09. The van der Waals surface area contributed by atoms with Gasteiger partial charge in [-0.25, -0.2) is 4.79 Å². The smallest absolute Gasteiger partial charge is 0.335 e. The van der Waals surface area contributed by atoms with Gasteiger partial charge in [0.05, 0.1) is 11.7 Å². The van der Waals surface area contributed by atoms with Crippen LogP contribution in [0.5, 0.6) is 5.75 Å². The van der Waals surface area contributed by atoms with Crippen LogP contribution < -0.4 is 10.1 Å². The molecule has 0 aliphatic rings. The second-order valence-corrected chi connectivity index (χ2v) is 6.17. The second kappa shape index (κ2) is 7.26. The van der Waals surface area contributed by atoms with Gasteiger partial charge in [0.25, 0.3) is 0 Å². The number of hydrogen-bond acceptors (Lipinski definition) is 3. The van der Waals surface area contributed by atoms with Crippen LogP contribution in [0.1, 0.15) is 29.8 Å². The van der Waals surface area contributed by atoms with Gasteiger partial charge in [-0.3, -0.25) is 0 Å². The molecule has 0 saturated heterocycles. The fourth-order valence-electron chi connectivity index (χ4n) is 2.82. The number of carboxylic acid groups (broad SMARTS) is 1. The second-order valence-electron chi connectivity index (χ2n) is 6.17. The lowest BCUT2D eigenvalue weighted by Gasteiger charge is -2.17. The summed E-state index contributed by atoms with van der Waals surface area (Å²) in [4.78, 5) is 11.1. The van der Waals surface area contributed by atoms with Gasteiger partial charge >= 0.3 is 5.97 Å². The number of ether oxygens (including phenoxy) is 1. The van der Waals surface area contributed by atoms with E-state index < -0.39 is 5.97 Å². The summed E-state index contributed by atoms with van der Waals surface area (Å²) >= 11 is 0. The van der Waals surface area contributed by atoms with Crippen molar-refractivity contribution in [2.75, 3.05) is 5.32 Å². The monoisotopic (exact) mass is 335 g/mol. The first-order chi connectivity index (χ1) is 12.0. The van der Waals surface area contributed by atoms with Gasteiger partial charge in [-0.05, 0) is 48.9 Å². The number of nitrogens with one attached hydrogen (secondary N) is 1. The Hall–Kier alpha value is -3.01. The van der Waals surface area contributed by atoms with E-state index >= 15 is 0 Å². The molecule has 4 heteroatoms. The molecule has 0 saturated carbocycles. The molecule has 0 fully saturated rings. The molecule has 0 heterocycles. The van der Waals surface area contributed by atoms with Crippen molar-refractivity contribution in [3.63, 3.8) is 0 Å². The first kappa shape index (κ1) is 16.8. The van der Waals surface area contributed by atoms with E-state index in [0.717, 1.165) is 27.8 Å². The molecular formula is C21H21NO3. The van der Waals surface area contributed by atoms with Crippen molar-refractivity contribution in [2.45, 2.75) is 26.5 Å². The average molecular weight is 335 g/mol. The maximum absolute atomic E-state index is 11.1. The molecule has 0 radical (unpaired) electrons. The molecule has 3 aromatic carbocycles. The topological polar surface area (TPSA) is 58.6 Å². The number of carboxylic acids is 1. The Bertz CT molecular complexity index is 903. The fraction of sp³-hybridized carbons (Fsp3) is 0.190. The lowest BCUT2D eigenvalue weighted by molar-refractivity contribution is 0.0697. The maximum atomic E-state index is 11.1. The van der Waals surface area contributed by atoms with Crippen molar-refractivity contribution >= 4 is 22.4 Å². The molecule has 0 amide bonds. The van der Waals surface area contributed by atoms with E-state index in [1.165, 1.54) is 0 Å². The van der Waals surface area contributed by atoms with E-state index in [4.69, 9.17) is 9.84 Å². The van der Waals surface area contributed by atoms with Crippen LogP contribution in [0.15, 0.2) is 60.7 Å². The van der Waals surface area contributed by atoms with Crippen molar-refractivity contribution in [3.05, 3.63) is 71.8 Å². The van der Waals surface area contributed by atoms with Crippen LogP contribution in [0.25, 0.3) is 10.8 Å². The van der Waals surface area contributed by atoms with E-state index in [1.54, 1.807) is 18.2 Å². The molecule has 3 aromatic rings. The van der Waals surface area contributed by atoms with Gasteiger partial charge in [0.15, 0.2) is 0 Å². The van der Waals surface area contributed by atoms with E-state index in [-0.39, 0.29) is 11.7 Å². The van der Waals surface area contributed by atoms with Gasteiger partial charge in [0, 0.05) is 17.8 Å². The normalized spacial score (nSPS) is 10.8. The van der Waals surface area contributed by atoms with Crippen LogP contribution in [0.3, 0.4) is 0 Å². The first-order valence-electron chi connectivity index (χ1n) is 8.29. The predicted octanol–water partition coefficient (Wildman–Crippen LogP) is 4.94. The third-order valence-corrected chi connectivity index (χ3v) is 3.94. The van der Waals surface area contributed by atoms with Crippen LogP contribution in [0.2, 0.25) is 0 Å². The minimum absolute atomic E-state index is 0.0789. The van der Waals surface area contributed by atoms with Crippen molar-refractivity contribution in [1.82, 2.24) is 0 Å². The molecule has 0 aliphatic heterocycles. The highest BCUT2D eigenvalue weighted by atomic mass is 16.5. The summed E-state index contributed by atoms with van der Waals surface area (Å²) in [6.07, 6.45) is 0.0789. The maximum Gasteiger partial charge on any atom is 0.335 e. The molecule has 0 atom stereocenters. The number of fused-ring (bicyclic) bond motifs is 1. The van der Waals surface area contributed by atoms with E-state index in [9.17, 15) is 4.79 Å². The number of carbonyl (C=O) groups is 1. The number of benzene rings is 3. The zero-order valence-corrected chi connectivity index (χ0v) is 14.3. The molecule has 0 aliphatic carbocycles. The molecule has 0 unspecified atom stereocenters. The highest BCUT2D eigenvalue weighted by Crippen LogP contribution is 2.29. The van der Waals surface area contributed by atoms with Crippen LogP contribution in [0.4, 0.5) is 5.69 Å². The summed E-state index contributed by atoms with van der Waals surface area (Å²) in [6.45, 7) is 4.55. The molecule has 0 aromatic heterocycles. The Balaban J connectivity index is 1.94. The molecular weight excluding hydrogens is 314 g/mol. The zero-order chi connectivity index (χ0) is 17.8. The van der Waals surface area contributed by atoms with Crippen molar-refractivity contribution in [1.29, 1.82) is 0 Å². The van der Waals surface area contributed by atoms with Crippen LogP contribution in [-0.2, 0) is 6.54 Å². The van der Waals surface area contributed by atoms with Gasteiger partial charge in [-0.1, -0.05) is 36.4 Å². The Kier molecular flexibility index (Phi) is 4.89. The highest BCUT2D eigenvalue weighted by Gasteiger charge is 2.11. The van der Waals surface area contributed by atoms with Gasteiger partial charge in [-0.15, -0.1) is 0 Å². The Morgan fingerprint density at radius 1 is 1.08 bits per heavy atom. The lowest BCUT2D eigenvalue weighted by atomic mass is 10.0. The molecule has 2 N–H and O–H groups in total. The summed E-state index contributed by atoms with van der Waals surface area (Å²) in [5.74, 6) is -0.0896. The molecule has 0 spiro atoms. The minimum Gasteiger partial charge on any atom is -0.491 e. The Morgan fingerprint density at radius 3 is 2.64 bits per heavy atom. The molecule has 128 valence electrons. The number of anilines is 1. The highest BCUT2D eigenvalue weighted by molar-refractivity contribution is 5.89. The van der Waals surface area contributed by atoms with Crippen molar-refractivity contribution in [2.24, 2.45) is 0 Å². The van der Waals surface area contributed by atoms with Crippen molar-refractivity contribution < 1.29 is 14.6 Å². The number of aromatic carboxylic acids is 1. The van der Waals surface area contributed by atoms with Gasteiger partial charge in [-0.2, -0.15) is 0 Å². The van der Waals surface area contributed by atoms with Crippen LogP contribution in [-0.4, -0.2) is 17.2 Å². The minimum atomic E-state index is -0.933. The molecule has 25 heavy (non-hydrogen) atoms. The van der Waals surface area contributed by atoms with Crippen molar-refractivity contribution in [3.8, 4) is 5.75 Å². The van der Waals surface area contributed by atoms with E-state index in [1.807, 2.05) is 38.1 Å². The Labute approximate surface area is 147 Å². The van der Waals surface area contributed by atoms with Crippen LogP contribution in [0, 0.1) is 0 Å². The average Bonchev–Trinajstić information content (AvgIpc) is 2.60. The lowest BCUT2D eigenvalue weighted by Crippen LogP contribution is -2.10. The quantitative estimate of drug-likeness (QED) is 0.670. The van der Waals surface area contributed by atoms with Gasteiger partial charge in [0.1, 0.15) is 5.75 Å². The first-order valence-corrected chi connectivity index (χ1v) is 8.29. The summed E-state index contributed by atoms with van der Waals surface area (Å²) < 4.78 is 5.97. The number of hydrogen-bond donors (Lipinski definition) is 2. The fourth-order valence-corrected chi connectivity index (χ4v) is 2.82. The largest absolute Gasteiger partial charge is 0.491 e. The molecule has 0 bridgehead atoms. The summed E-state index contributed by atoms with van der Waals surface area (Å²) in [7, 11) is 0. The third kappa shape index (κ3) is 3.91. The molecule has 3 rings (SSSR count). The van der Waals surface area contributed by atoms with E-state index in [0.29, 0.717) is 6.54 Å². The SMILES string of the molecule is CC(C)Oc1ccc2ccccc2c1CNc1cccc(C(=O)O)c1.